The van der Waals surface area contributed by atoms with E-state index < -0.39 is 0 Å². The summed E-state index contributed by atoms with van der Waals surface area (Å²) in [6, 6.07) is 10.5. The van der Waals surface area contributed by atoms with Gasteiger partial charge in [0.05, 0.1) is 6.54 Å². The molecule has 0 amide bonds. The molecule has 0 bridgehead atoms. The van der Waals surface area contributed by atoms with Crippen molar-refractivity contribution in [1.29, 1.82) is 0 Å². The number of hydrogen-bond acceptors (Lipinski definition) is 4. The number of aryl methyl sites for hydroxylation is 1. The molecule has 1 aliphatic heterocycles. The first kappa shape index (κ1) is 13.1. The van der Waals surface area contributed by atoms with Gasteiger partial charge < -0.3 is 4.52 Å². The highest BCUT2D eigenvalue weighted by Gasteiger charge is 2.16. The van der Waals surface area contributed by atoms with Gasteiger partial charge >= 0.3 is 0 Å². The van der Waals surface area contributed by atoms with E-state index in [9.17, 15) is 0 Å². The van der Waals surface area contributed by atoms with Gasteiger partial charge in [-0.05, 0) is 18.4 Å². The van der Waals surface area contributed by atoms with Crippen LogP contribution in [0.5, 0.6) is 0 Å². The second kappa shape index (κ2) is 6.01. The van der Waals surface area contributed by atoms with Crippen LogP contribution >= 0.6 is 0 Å². The first-order chi connectivity index (χ1) is 9.79. The summed E-state index contributed by atoms with van der Waals surface area (Å²) in [5, 5.41) is 3.95. The van der Waals surface area contributed by atoms with Crippen molar-refractivity contribution in [2.75, 3.05) is 13.1 Å². The van der Waals surface area contributed by atoms with Gasteiger partial charge in [-0.15, -0.1) is 0 Å². The van der Waals surface area contributed by atoms with Crippen LogP contribution in [0.4, 0.5) is 0 Å². The molecular formula is C16H19N3O. The maximum absolute atomic E-state index is 5.01. The standard InChI is InChI=1S/C16H19N3O/c1-13-17-16(18-20-13)12-19-9-7-15(8-10-19)11-14-5-3-2-4-6-14/h2-6,11H,7-10,12H2,1H3. The first-order valence-corrected chi connectivity index (χ1v) is 7.05. The normalized spacial score (nSPS) is 16.4. The molecule has 0 aliphatic carbocycles. The van der Waals surface area contributed by atoms with Crippen molar-refractivity contribution < 1.29 is 4.52 Å². The highest BCUT2D eigenvalue weighted by Crippen LogP contribution is 2.20. The van der Waals surface area contributed by atoms with Gasteiger partial charge in [-0.2, -0.15) is 4.98 Å². The Morgan fingerprint density at radius 1 is 1.20 bits per heavy atom. The van der Waals surface area contributed by atoms with Crippen molar-refractivity contribution in [3.05, 3.63) is 53.2 Å². The van der Waals surface area contributed by atoms with Crippen molar-refractivity contribution in [3.63, 3.8) is 0 Å². The monoisotopic (exact) mass is 269 g/mol. The van der Waals surface area contributed by atoms with E-state index in [0.717, 1.165) is 38.3 Å². The zero-order chi connectivity index (χ0) is 13.8. The maximum atomic E-state index is 5.01. The molecule has 0 saturated carbocycles. The van der Waals surface area contributed by atoms with Crippen LogP contribution in [0.2, 0.25) is 0 Å². The topological polar surface area (TPSA) is 42.2 Å². The summed E-state index contributed by atoms with van der Waals surface area (Å²) in [4.78, 5) is 6.64. The molecule has 104 valence electrons. The summed E-state index contributed by atoms with van der Waals surface area (Å²) in [6.07, 6.45) is 4.55. The Balaban J connectivity index is 1.56. The zero-order valence-corrected chi connectivity index (χ0v) is 11.7. The second-order valence-corrected chi connectivity index (χ2v) is 5.22. The molecule has 1 aromatic carbocycles. The zero-order valence-electron chi connectivity index (χ0n) is 11.7. The number of rotatable bonds is 3. The van der Waals surface area contributed by atoms with Crippen LogP contribution in [0, 0.1) is 6.92 Å². The molecule has 2 aromatic rings. The molecule has 4 nitrogen and oxygen atoms in total. The molecule has 20 heavy (non-hydrogen) atoms. The van der Waals surface area contributed by atoms with Crippen molar-refractivity contribution in [2.45, 2.75) is 26.3 Å². The molecule has 4 heteroatoms. The Labute approximate surface area is 119 Å². The lowest BCUT2D eigenvalue weighted by Gasteiger charge is -2.27. The lowest BCUT2D eigenvalue weighted by Crippen LogP contribution is -2.30. The Morgan fingerprint density at radius 2 is 1.95 bits per heavy atom. The van der Waals surface area contributed by atoms with Gasteiger partial charge in [0.1, 0.15) is 0 Å². The van der Waals surface area contributed by atoms with Crippen molar-refractivity contribution >= 4 is 6.08 Å². The van der Waals surface area contributed by atoms with E-state index in [-0.39, 0.29) is 0 Å². The highest BCUT2D eigenvalue weighted by atomic mass is 16.5. The fourth-order valence-corrected chi connectivity index (χ4v) is 2.53. The molecule has 0 N–H and O–H groups in total. The minimum Gasteiger partial charge on any atom is -0.340 e. The molecule has 1 fully saturated rings. The first-order valence-electron chi connectivity index (χ1n) is 7.05. The van der Waals surface area contributed by atoms with Gasteiger partial charge in [0, 0.05) is 20.0 Å². The largest absolute Gasteiger partial charge is 0.340 e. The van der Waals surface area contributed by atoms with E-state index in [2.05, 4.69) is 51.4 Å². The van der Waals surface area contributed by atoms with Gasteiger partial charge in [-0.3, -0.25) is 4.90 Å². The van der Waals surface area contributed by atoms with E-state index in [0.29, 0.717) is 5.89 Å². The SMILES string of the molecule is Cc1nc(CN2CCC(=Cc3ccccc3)CC2)no1. The second-order valence-electron chi connectivity index (χ2n) is 5.22. The number of hydrogen-bond donors (Lipinski definition) is 0. The third-order valence-corrected chi connectivity index (χ3v) is 3.60. The molecule has 0 atom stereocenters. The molecule has 1 aliphatic rings. The summed E-state index contributed by atoms with van der Waals surface area (Å²) < 4.78 is 5.01. The minimum atomic E-state index is 0.640. The van der Waals surface area contributed by atoms with Crippen molar-refractivity contribution in [2.24, 2.45) is 0 Å². The third kappa shape index (κ3) is 3.33. The fourth-order valence-electron chi connectivity index (χ4n) is 2.53. The van der Waals surface area contributed by atoms with Crippen LogP contribution in [0.1, 0.15) is 30.1 Å². The van der Waals surface area contributed by atoms with E-state index in [1.54, 1.807) is 0 Å². The lowest BCUT2D eigenvalue weighted by molar-refractivity contribution is 0.239. The predicted octanol–water partition coefficient (Wildman–Crippen LogP) is 3.06. The smallest absolute Gasteiger partial charge is 0.223 e. The highest BCUT2D eigenvalue weighted by molar-refractivity contribution is 5.52. The number of piperidine rings is 1. The molecule has 0 unspecified atom stereocenters. The summed E-state index contributed by atoms with van der Waals surface area (Å²) >= 11 is 0. The Hall–Kier alpha value is -1.94. The molecule has 0 spiro atoms. The van der Waals surface area contributed by atoms with Gasteiger partial charge in [0.25, 0.3) is 0 Å². The van der Waals surface area contributed by atoms with Gasteiger partial charge in [0.15, 0.2) is 5.82 Å². The van der Waals surface area contributed by atoms with Crippen LogP contribution in [-0.2, 0) is 6.54 Å². The Kier molecular flexibility index (Phi) is 3.92. The summed E-state index contributed by atoms with van der Waals surface area (Å²) in [5.41, 5.74) is 2.82. The van der Waals surface area contributed by atoms with Crippen LogP contribution in [0.15, 0.2) is 40.4 Å². The van der Waals surface area contributed by atoms with Crippen LogP contribution in [0.25, 0.3) is 6.08 Å². The van der Waals surface area contributed by atoms with E-state index in [1.807, 2.05) is 6.92 Å². The molecule has 0 radical (unpaired) electrons. The Morgan fingerprint density at radius 3 is 2.60 bits per heavy atom. The Bertz CT molecular complexity index is 579. The number of benzene rings is 1. The van der Waals surface area contributed by atoms with Gasteiger partial charge in [-0.1, -0.05) is 47.1 Å². The lowest BCUT2D eigenvalue weighted by atomic mass is 10.0. The summed E-state index contributed by atoms with van der Waals surface area (Å²) in [7, 11) is 0. The predicted molar refractivity (Wildman–Crippen MR) is 78.0 cm³/mol. The van der Waals surface area contributed by atoms with E-state index in [1.165, 1.54) is 11.1 Å². The van der Waals surface area contributed by atoms with Crippen LogP contribution < -0.4 is 0 Å². The molecule has 1 aromatic heterocycles. The van der Waals surface area contributed by atoms with Crippen molar-refractivity contribution in [1.82, 2.24) is 15.0 Å². The third-order valence-electron chi connectivity index (χ3n) is 3.60. The minimum absolute atomic E-state index is 0.640. The molecule has 2 heterocycles. The molecule has 1 saturated heterocycles. The molecular weight excluding hydrogens is 250 g/mol. The van der Waals surface area contributed by atoms with Gasteiger partial charge in [-0.25, -0.2) is 0 Å². The fraction of sp³-hybridized carbons (Fsp3) is 0.375. The van der Waals surface area contributed by atoms with Crippen LogP contribution in [0.3, 0.4) is 0 Å². The summed E-state index contributed by atoms with van der Waals surface area (Å²) in [5.74, 6) is 1.43. The van der Waals surface area contributed by atoms with Crippen LogP contribution in [-0.4, -0.2) is 28.1 Å². The number of nitrogens with zero attached hydrogens (tertiary/aromatic N) is 3. The van der Waals surface area contributed by atoms with E-state index in [4.69, 9.17) is 4.52 Å². The maximum Gasteiger partial charge on any atom is 0.223 e. The summed E-state index contributed by atoms with van der Waals surface area (Å²) in [6.45, 7) is 4.74. The van der Waals surface area contributed by atoms with Gasteiger partial charge in [0.2, 0.25) is 5.89 Å². The average molecular weight is 269 g/mol. The molecule has 3 rings (SSSR count). The van der Waals surface area contributed by atoms with Crippen molar-refractivity contribution in [3.8, 4) is 0 Å². The average Bonchev–Trinajstić information content (AvgIpc) is 2.88. The van der Waals surface area contributed by atoms with E-state index >= 15 is 0 Å². The quantitative estimate of drug-likeness (QED) is 0.859. The number of likely N-dealkylation sites (tertiary alicyclic amines) is 1. The number of aromatic nitrogens is 2.